The van der Waals surface area contributed by atoms with Crippen molar-refractivity contribution in [1.29, 1.82) is 0 Å². The van der Waals surface area contributed by atoms with Gasteiger partial charge in [0.05, 0.1) is 16.8 Å². The van der Waals surface area contributed by atoms with E-state index in [0.29, 0.717) is 0 Å². The lowest BCUT2D eigenvalue weighted by Gasteiger charge is -2.32. The largest absolute Gasteiger partial charge is 0.514 e. The molecule has 0 saturated carbocycles. The third kappa shape index (κ3) is 2.60. The number of halogens is 2. The number of aromatic nitrogens is 1. The molecule has 0 bridgehead atoms. The molecule has 1 aromatic rings. The summed E-state index contributed by atoms with van der Waals surface area (Å²) in [5.41, 5.74) is 0.0901. The zero-order chi connectivity index (χ0) is 12.8. The van der Waals surface area contributed by atoms with Crippen LogP contribution in [-0.2, 0) is 9.31 Å². The minimum absolute atomic E-state index is 0.339. The molecule has 92 valence electrons. The Hall–Kier alpha value is 0.0949. The Kier molecular flexibility index (Phi) is 3.45. The Labute approximate surface area is 119 Å². The van der Waals surface area contributed by atoms with Gasteiger partial charge in [0.2, 0.25) is 0 Å². The van der Waals surface area contributed by atoms with Gasteiger partial charge in [-0.05, 0) is 55.8 Å². The van der Waals surface area contributed by atoms with E-state index in [0.717, 1.165) is 14.7 Å². The molecule has 0 amide bonds. The van der Waals surface area contributed by atoms with Crippen LogP contribution in [0, 0.1) is 0 Å². The van der Waals surface area contributed by atoms with E-state index >= 15 is 0 Å². The molecule has 0 atom stereocenters. The maximum absolute atomic E-state index is 5.93. The summed E-state index contributed by atoms with van der Waals surface area (Å²) in [6.07, 6.45) is 0. The van der Waals surface area contributed by atoms with Crippen LogP contribution in [0.2, 0.25) is 0 Å². The van der Waals surface area contributed by atoms with Crippen LogP contribution in [0.5, 0.6) is 0 Å². The fourth-order valence-electron chi connectivity index (χ4n) is 1.57. The Morgan fingerprint density at radius 1 is 1.06 bits per heavy atom. The first-order valence-electron chi connectivity index (χ1n) is 5.40. The molecule has 0 aliphatic carbocycles. The van der Waals surface area contributed by atoms with Crippen molar-refractivity contribution < 1.29 is 9.31 Å². The Balaban J connectivity index is 2.32. The third-order valence-corrected chi connectivity index (χ3v) is 4.14. The maximum atomic E-state index is 5.93. The van der Waals surface area contributed by atoms with Crippen LogP contribution < -0.4 is 5.59 Å². The first-order valence-corrected chi connectivity index (χ1v) is 6.98. The first-order chi connectivity index (χ1) is 7.71. The van der Waals surface area contributed by atoms with Gasteiger partial charge in [0.15, 0.2) is 0 Å². The third-order valence-electron chi connectivity index (χ3n) is 3.27. The monoisotopic (exact) mass is 361 g/mol. The van der Waals surface area contributed by atoms with Crippen LogP contribution in [0.3, 0.4) is 0 Å². The predicted molar refractivity (Wildman–Crippen MR) is 75.4 cm³/mol. The topological polar surface area (TPSA) is 31.4 Å². The van der Waals surface area contributed by atoms with Crippen molar-refractivity contribution in [2.24, 2.45) is 0 Å². The number of rotatable bonds is 1. The molecular formula is C11H14BBr2NO2. The fraction of sp³-hybridized carbons (Fsp3) is 0.545. The van der Waals surface area contributed by atoms with Crippen molar-refractivity contribution in [3.05, 3.63) is 21.2 Å². The fourth-order valence-corrected chi connectivity index (χ4v) is 2.78. The molecule has 3 nitrogen and oxygen atoms in total. The zero-order valence-corrected chi connectivity index (χ0v) is 13.4. The highest BCUT2D eigenvalue weighted by Crippen LogP contribution is 2.36. The quantitative estimate of drug-likeness (QED) is 0.568. The summed E-state index contributed by atoms with van der Waals surface area (Å²) in [7, 11) is -0.422. The number of hydrogen-bond donors (Lipinski definition) is 0. The van der Waals surface area contributed by atoms with E-state index in [-0.39, 0.29) is 11.2 Å². The number of hydrogen-bond acceptors (Lipinski definition) is 3. The van der Waals surface area contributed by atoms with Crippen molar-refractivity contribution in [3.8, 4) is 0 Å². The van der Waals surface area contributed by atoms with Gasteiger partial charge in [-0.2, -0.15) is 0 Å². The van der Waals surface area contributed by atoms with Crippen molar-refractivity contribution in [2.45, 2.75) is 38.9 Å². The number of pyridine rings is 1. The summed E-state index contributed by atoms with van der Waals surface area (Å²) in [4.78, 5) is 4.38. The van der Waals surface area contributed by atoms with Crippen LogP contribution in [0.1, 0.15) is 27.7 Å². The lowest BCUT2D eigenvalue weighted by Crippen LogP contribution is -2.41. The van der Waals surface area contributed by atoms with E-state index in [1.807, 2.05) is 39.8 Å². The van der Waals surface area contributed by atoms with Crippen LogP contribution in [-0.4, -0.2) is 23.3 Å². The molecule has 1 aliphatic heterocycles. The van der Waals surface area contributed by atoms with Gasteiger partial charge in [0, 0.05) is 4.47 Å². The van der Waals surface area contributed by atoms with Gasteiger partial charge in [0.25, 0.3) is 0 Å². The maximum Gasteiger partial charge on any atom is 0.514 e. The van der Waals surface area contributed by atoms with Crippen LogP contribution in [0.4, 0.5) is 0 Å². The van der Waals surface area contributed by atoms with Crippen molar-refractivity contribution >= 4 is 44.6 Å². The van der Waals surface area contributed by atoms with E-state index in [9.17, 15) is 0 Å². The molecule has 1 fully saturated rings. The summed E-state index contributed by atoms with van der Waals surface area (Å²) in [5, 5.41) is 0. The molecule has 0 spiro atoms. The van der Waals surface area contributed by atoms with Gasteiger partial charge < -0.3 is 9.31 Å². The lowest BCUT2D eigenvalue weighted by molar-refractivity contribution is 0.00578. The predicted octanol–water partition coefficient (Wildman–Crippen LogP) is 2.91. The van der Waals surface area contributed by atoms with Gasteiger partial charge in [-0.25, -0.2) is 4.98 Å². The smallest absolute Gasteiger partial charge is 0.398 e. The highest BCUT2D eigenvalue weighted by atomic mass is 79.9. The van der Waals surface area contributed by atoms with Gasteiger partial charge in [-0.1, -0.05) is 15.9 Å². The average Bonchev–Trinajstić information content (AvgIpc) is 2.34. The standard InChI is InChI=1S/C11H14BBr2NO2/c1-10(2)11(3,4)17-12(16-10)8-5-7(13)6-9(14)15-8/h5-6H,1-4H3. The summed E-state index contributed by atoms with van der Waals surface area (Å²) in [6, 6.07) is 3.79. The average molecular weight is 363 g/mol. The van der Waals surface area contributed by atoms with E-state index in [4.69, 9.17) is 9.31 Å². The summed E-state index contributed by atoms with van der Waals surface area (Å²) in [6.45, 7) is 8.11. The second-order valence-corrected chi connectivity index (χ2v) is 6.85. The van der Waals surface area contributed by atoms with E-state index in [2.05, 4.69) is 36.8 Å². The van der Waals surface area contributed by atoms with E-state index in [1.54, 1.807) is 0 Å². The minimum atomic E-state index is -0.422. The van der Waals surface area contributed by atoms with E-state index in [1.165, 1.54) is 0 Å². The Morgan fingerprint density at radius 3 is 2.06 bits per heavy atom. The normalized spacial score (nSPS) is 21.9. The highest BCUT2D eigenvalue weighted by Gasteiger charge is 2.52. The van der Waals surface area contributed by atoms with E-state index < -0.39 is 7.12 Å². The van der Waals surface area contributed by atoms with Crippen LogP contribution in [0.25, 0.3) is 0 Å². The lowest BCUT2D eigenvalue weighted by atomic mass is 9.84. The molecule has 17 heavy (non-hydrogen) atoms. The molecule has 0 aromatic carbocycles. The molecule has 0 N–H and O–H groups in total. The summed E-state index contributed by atoms with van der Waals surface area (Å²) < 4.78 is 13.6. The van der Waals surface area contributed by atoms with Crippen LogP contribution in [0.15, 0.2) is 21.2 Å². The molecule has 1 aliphatic rings. The van der Waals surface area contributed by atoms with Gasteiger partial charge in [-0.3, -0.25) is 0 Å². The molecule has 2 rings (SSSR count). The Bertz CT molecular complexity index is 415. The Morgan fingerprint density at radius 2 is 1.59 bits per heavy atom. The molecule has 1 aromatic heterocycles. The second kappa shape index (κ2) is 4.33. The molecule has 0 unspecified atom stereocenters. The summed E-state index contributed by atoms with van der Waals surface area (Å²) in [5.74, 6) is 0. The van der Waals surface area contributed by atoms with Crippen molar-refractivity contribution in [2.75, 3.05) is 0 Å². The highest BCUT2D eigenvalue weighted by molar-refractivity contribution is 9.11. The molecular weight excluding hydrogens is 349 g/mol. The van der Waals surface area contributed by atoms with Gasteiger partial charge in [-0.15, -0.1) is 0 Å². The molecule has 0 radical (unpaired) electrons. The minimum Gasteiger partial charge on any atom is -0.398 e. The van der Waals surface area contributed by atoms with Crippen molar-refractivity contribution in [1.82, 2.24) is 4.98 Å². The van der Waals surface area contributed by atoms with Crippen molar-refractivity contribution in [3.63, 3.8) is 0 Å². The molecule has 2 heterocycles. The van der Waals surface area contributed by atoms with Crippen LogP contribution >= 0.6 is 31.9 Å². The zero-order valence-electron chi connectivity index (χ0n) is 10.3. The van der Waals surface area contributed by atoms with Gasteiger partial charge in [0.1, 0.15) is 4.60 Å². The SMILES string of the molecule is CC1(C)OB(c2cc(Br)cc(Br)n2)OC1(C)C. The molecule has 1 saturated heterocycles. The second-order valence-electron chi connectivity index (χ2n) is 5.12. The number of nitrogens with zero attached hydrogens (tertiary/aromatic N) is 1. The first kappa shape index (κ1) is 13.5. The van der Waals surface area contributed by atoms with Gasteiger partial charge >= 0.3 is 7.12 Å². The summed E-state index contributed by atoms with van der Waals surface area (Å²) >= 11 is 6.80. The molecule has 6 heteroatoms.